The molecule has 1 rings (SSSR count). The predicted octanol–water partition coefficient (Wildman–Crippen LogP) is 0.155. The lowest BCUT2D eigenvalue weighted by Crippen LogP contribution is -2.23. The number of hydrogen-bond donors (Lipinski definition) is 0. The van der Waals surface area contributed by atoms with Crippen LogP contribution >= 0.6 is 0 Å². The van der Waals surface area contributed by atoms with Crippen LogP contribution in [0.3, 0.4) is 0 Å². The molecule has 1 heterocycles. The molecule has 0 aromatic rings. The Morgan fingerprint density at radius 2 is 2.50 bits per heavy atom. The molecule has 0 N–H and O–H groups in total. The zero-order valence-corrected chi connectivity index (χ0v) is 7.04. The van der Waals surface area contributed by atoms with Crippen molar-refractivity contribution in [3.8, 4) is 0 Å². The number of Topliss-reactive ketones (excluding diaryl/α,β-unsaturated/α-hetero) is 1. The van der Waals surface area contributed by atoms with Crippen LogP contribution < -0.4 is 0 Å². The van der Waals surface area contributed by atoms with Gasteiger partial charge in [0.2, 0.25) is 0 Å². The van der Waals surface area contributed by atoms with Crippen molar-refractivity contribution in [3.63, 3.8) is 0 Å². The minimum atomic E-state index is -0.573. The van der Waals surface area contributed by atoms with Crippen molar-refractivity contribution in [1.29, 1.82) is 0 Å². The van der Waals surface area contributed by atoms with E-state index in [9.17, 15) is 9.59 Å². The molecule has 1 aliphatic heterocycles. The highest BCUT2D eigenvalue weighted by Gasteiger charge is 2.32. The molecule has 0 spiro atoms. The standard InChI is InChI=1S/C8H12O4/c1-2-11-5-7(9)6-3-4-12-8(6)10/h6H,2-5H2,1H3. The van der Waals surface area contributed by atoms with Crippen LogP contribution in [-0.2, 0) is 19.1 Å². The van der Waals surface area contributed by atoms with Crippen LogP contribution in [0.4, 0.5) is 0 Å². The van der Waals surface area contributed by atoms with Gasteiger partial charge < -0.3 is 9.47 Å². The highest BCUT2D eigenvalue weighted by Crippen LogP contribution is 2.15. The van der Waals surface area contributed by atoms with Gasteiger partial charge in [-0.25, -0.2) is 0 Å². The molecule has 1 unspecified atom stereocenters. The Kier molecular flexibility index (Phi) is 3.22. The highest BCUT2D eigenvalue weighted by molar-refractivity contribution is 6.00. The van der Waals surface area contributed by atoms with Gasteiger partial charge in [0.05, 0.1) is 6.61 Å². The van der Waals surface area contributed by atoms with Gasteiger partial charge in [-0.1, -0.05) is 0 Å². The van der Waals surface area contributed by atoms with Crippen LogP contribution in [0.5, 0.6) is 0 Å². The molecule has 1 saturated heterocycles. The van der Waals surface area contributed by atoms with E-state index in [0.717, 1.165) is 0 Å². The zero-order chi connectivity index (χ0) is 8.97. The van der Waals surface area contributed by atoms with E-state index >= 15 is 0 Å². The van der Waals surface area contributed by atoms with E-state index in [0.29, 0.717) is 19.6 Å². The molecule has 0 radical (unpaired) electrons. The van der Waals surface area contributed by atoms with E-state index in [1.165, 1.54) is 0 Å². The molecule has 0 aromatic heterocycles. The number of ketones is 1. The Bertz CT molecular complexity index is 187. The second kappa shape index (κ2) is 4.21. The lowest BCUT2D eigenvalue weighted by Gasteiger charge is -2.03. The smallest absolute Gasteiger partial charge is 0.316 e. The topological polar surface area (TPSA) is 52.6 Å². The SMILES string of the molecule is CCOCC(=O)C1CCOC1=O. The van der Waals surface area contributed by atoms with Crippen LogP contribution in [0.15, 0.2) is 0 Å². The van der Waals surface area contributed by atoms with Crippen molar-refractivity contribution < 1.29 is 19.1 Å². The Morgan fingerprint density at radius 3 is 3.00 bits per heavy atom. The Balaban J connectivity index is 2.36. The Hall–Kier alpha value is -0.900. The Labute approximate surface area is 70.8 Å². The number of esters is 1. The van der Waals surface area contributed by atoms with E-state index in [2.05, 4.69) is 4.74 Å². The van der Waals surface area contributed by atoms with Crippen molar-refractivity contribution in [2.45, 2.75) is 13.3 Å². The number of ether oxygens (including phenoxy) is 2. The third-order valence-corrected chi connectivity index (χ3v) is 1.77. The van der Waals surface area contributed by atoms with E-state index < -0.39 is 11.9 Å². The summed E-state index contributed by atoms with van der Waals surface area (Å²) in [5, 5.41) is 0. The normalized spacial score (nSPS) is 22.4. The number of hydrogen-bond acceptors (Lipinski definition) is 4. The molecule has 12 heavy (non-hydrogen) atoms. The minimum Gasteiger partial charge on any atom is -0.465 e. The molecule has 0 amide bonds. The predicted molar refractivity (Wildman–Crippen MR) is 40.6 cm³/mol. The average Bonchev–Trinajstić information content (AvgIpc) is 2.47. The molecule has 0 aromatic carbocycles. The molecule has 1 aliphatic rings. The second-order valence-corrected chi connectivity index (χ2v) is 2.61. The van der Waals surface area contributed by atoms with Crippen molar-refractivity contribution in [2.75, 3.05) is 19.8 Å². The first-order chi connectivity index (χ1) is 5.75. The summed E-state index contributed by atoms with van der Waals surface area (Å²) in [7, 11) is 0. The van der Waals surface area contributed by atoms with Crippen LogP contribution in [-0.4, -0.2) is 31.6 Å². The quantitative estimate of drug-likeness (QED) is 0.447. The van der Waals surface area contributed by atoms with E-state index in [-0.39, 0.29) is 12.4 Å². The molecule has 0 saturated carbocycles. The fourth-order valence-corrected chi connectivity index (χ4v) is 1.09. The summed E-state index contributed by atoms with van der Waals surface area (Å²) >= 11 is 0. The minimum absolute atomic E-state index is 0.0241. The van der Waals surface area contributed by atoms with Crippen LogP contribution in [0.2, 0.25) is 0 Å². The van der Waals surface area contributed by atoms with Gasteiger partial charge in [-0.2, -0.15) is 0 Å². The molecular formula is C8H12O4. The first-order valence-electron chi connectivity index (χ1n) is 4.02. The van der Waals surface area contributed by atoms with Gasteiger partial charge >= 0.3 is 5.97 Å². The van der Waals surface area contributed by atoms with Gasteiger partial charge in [-0.15, -0.1) is 0 Å². The summed E-state index contributed by atoms with van der Waals surface area (Å²) in [6.07, 6.45) is 0.505. The first-order valence-corrected chi connectivity index (χ1v) is 4.02. The maximum atomic E-state index is 11.2. The molecule has 68 valence electrons. The lowest BCUT2D eigenvalue weighted by molar-refractivity contribution is -0.145. The fourth-order valence-electron chi connectivity index (χ4n) is 1.09. The van der Waals surface area contributed by atoms with Crippen molar-refractivity contribution >= 4 is 11.8 Å². The van der Waals surface area contributed by atoms with Crippen molar-refractivity contribution in [3.05, 3.63) is 0 Å². The van der Waals surface area contributed by atoms with E-state index in [4.69, 9.17) is 4.74 Å². The van der Waals surface area contributed by atoms with Crippen LogP contribution in [0, 0.1) is 5.92 Å². The summed E-state index contributed by atoms with van der Waals surface area (Å²) in [4.78, 5) is 22.1. The largest absolute Gasteiger partial charge is 0.465 e. The fraction of sp³-hybridized carbons (Fsp3) is 0.750. The summed E-state index contributed by atoms with van der Waals surface area (Å²) in [5.74, 6) is -1.14. The summed E-state index contributed by atoms with van der Waals surface area (Å²) in [6.45, 7) is 2.69. The lowest BCUT2D eigenvalue weighted by atomic mass is 10.0. The monoisotopic (exact) mass is 172 g/mol. The molecule has 1 fully saturated rings. The summed E-state index contributed by atoms with van der Waals surface area (Å²) < 4.78 is 9.55. The van der Waals surface area contributed by atoms with Gasteiger partial charge in [0, 0.05) is 13.0 Å². The van der Waals surface area contributed by atoms with Crippen LogP contribution in [0.1, 0.15) is 13.3 Å². The Morgan fingerprint density at radius 1 is 1.75 bits per heavy atom. The molecule has 1 atom stereocenters. The number of carbonyl (C=O) groups is 2. The maximum Gasteiger partial charge on any atom is 0.316 e. The van der Waals surface area contributed by atoms with E-state index in [1.807, 2.05) is 0 Å². The number of carbonyl (C=O) groups excluding carboxylic acids is 2. The van der Waals surface area contributed by atoms with Crippen molar-refractivity contribution in [1.82, 2.24) is 0 Å². The zero-order valence-electron chi connectivity index (χ0n) is 7.04. The number of rotatable bonds is 4. The van der Waals surface area contributed by atoms with Gasteiger partial charge in [-0.3, -0.25) is 9.59 Å². The van der Waals surface area contributed by atoms with Gasteiger partial charge in [0.15, 0.2) is 5.78 Å². The molecule has 0 aliphatic carbocycles. The third-order valence-electron chi connectivity index (χ3n) is 1.77. The van der Waals surface area contributed by atoms with E-state index in [1.54, 1.807) is 6.92 Å². The molecule has 4 nitrogen and oxygen atoms in total. The molecular weight excluding hydrogens is 160 g/mol. The molecule has 0 bridgehead atoms. The first kappa shape index (κ1) is 9.19. The van der Waals surface area contributed by atoms with Crippen LogP contribution in [0.25, 0.3) is 0 Å². The highest BCUT2D eigenvalue weighted by atomic mass is 16.5. The maximum absolute atomic E-state index is 11.2. The van der Waals surface area contributed by atoms with Crippen molar-refractivity contribution in [2.24, 2.45) is 5.92 Å². The second-order valence-electron chi connectivity index (χ2n) is 2.61. The van der Waals surface area contributed by atoms with Gasteiger partial charge in [0.25, 0.3) is 0 Å². The summed E-state index contributed by atoms with van der Waals surface area (Å²) in [5.41, 5.74) is 0. The molecule has 4 heteroatoms. The summed E-state index contributed by atoms with van der Waals surface area (Å²) in [6, 6.07) is 0. The third kappa shape index (κ3) is 2.04. The van der Waals surface area contributed by atoms with Gasteiger partial charge in [0.1, 0.15) is 12.5 Å². The average molecular weight is 172 g/mol. The van der Waals surface area contributed by atoms with Gasteiger partial charge in [-0.05, 0) is 6.92 Å². The number of cyclic esters (lactones) is 1.